The summed E-state index contributed by atoms with van der Waals surface area (Å²) in [5.74, 6) is -0.625. The van der Waals surface area contributed by atoms with Gasteiger partial charge in [-0.15, -0.1) is 6.58 Å². The quantitative estimate of drug-likeness (QED) is 0.157. The van der Waals surface area contributed by atoms with E-state index >= 15 is 0 Å². The monoisotopic (exact) mass is 158 g/mol. The summed E-state index contributed by atoms with van der Waals surface area (Å²) in [5.41, 5.74) is 14.4. The first-order chi connectivity index (χ1) is 5.04. The molecule has 0 aliphatic rings. The highest BCUT2D eigenvalue weighted by molar-refractivity contribution is 5.93. The average Bonchev–Trinajstić information content (AvgIpc) is 1.85. The zero-order valence-electron chi connectivity index (χ0n) is 6.22. The molecule has 6 heteroatoms. The van der Waals surface area contributed by atoms with Gasteiger partial charge in [-0.3, -0.25) is 16.1 Å². The molecule has 0 aliphatic heterocycles. The largest absolute Gasteiger partial charge is 0.370 e. The van der Waals surface area contributed by atoms with Crippen molar-refractivity contribution in [1.29, 1.82) is 10.8 Å². The Balaban J connectivity index is 0. The van der Waals surface area contributed by atoms with Crippen LogP contribution >= 0.6 is 0 Å². The van der Waals surface area contributed by atoms with Crippen LogP contribution in [0.5, 0.6) is 0 Å². The lowest BCUT2D eigenvalue weighted by Crippen LogP contribution is -2.39. The molecule has 0 saturated heterocycles. The van der Waals surface area contributed by atoms with Gasteiger partial charge in [-0.25, -0.2) is 0 Å². The van der Waals surface area contributed by atoms with E-state index in [9.17, 15) is 0 Å². The number of nitrogens with one attached hydrogen (secondary N) is 3. The van der Waals surface area contributed by atoms with Crippen molar-refractivity contribution in [2.75, 3.05) is 6.54 Å². The van der Waals surface area contributed by atoms with Crippen LogP contribution in [-0.4, -0.2) is 18.5 Å². The van der Waals surface area contributed by atoms with E-state index in [0.29, 0.717) is 6.54 Å². The molecule has 0 amide bonds. The van der Waals surface area contributed by atoms with Gasteiger partial charge in [-0.2, -0.15) is 0 Å². The van der Waals surface area contributed by atoms with Crippen molar-refractivity contribution in [3.05, 3.63) is 12.7 Å². The third kappa shape index (κ3) is 29.6. The number of nitrogens with two attached hydrogens (primary N) is 3. The smallest absolute Gasteiger partial charge is 0.192 e. The van der Waals surface area contributed by atoms with Crippen LogP contribution in [0.1, 0.15) is 0 Å². The van der Waals surface area contributed by atoms with Crippen molar-refractivity contribution in [3.8, 4) is 0 Å². The molecule has 0 aromatic carbocycles. The zero-order chi connectivity index (χ0) is 9.28. The second-order valence-corrected chi connectivity index (χ2v) is 1.48. The van der Waals surface area contributed by atoms with Crippen molar-refractivity contribution in [3.63, 3.8) is 0 Å². The number of hydrogen-bond donors (Lipinski definition) is 6. The fraction of sp³-hybridized carbons (Fsp3) is 0.200. The van der Waals surface area contributed by atoms with Gasteiger partial charge in [0.2, 0.25) is 0 Å². The zero-order valence-corrected chi connectivity index (χ0v) is 6.22. The topological polar surface area (TPSA) is 138 Å². The summed E-state index contributed by atoms with van der Waals surface area (Å²) in [6.45, 7) is 3.94. The summed E-state index contributed by atoms with van der Waals surface area (Å²) in [5, 5.41) is 15.0. The molecule has 0 radical (unpaired) electrons. The van der Waals surface area contributed by atoms with Crippen LogP contribution in [0.2, 0.25) is 0 Å². The molecule has 64 valence electrons. The lowest BCUT2D eigenvalue weighted by molar-refractivity contribution is 1.19. The maximum Gasteiger partial charge on any atom is 0.192 e. The summed E-state index contributed by atoms with van der Waals surface area (Å²) in [6.07, 6.45) is 1.65. The minimum Gasteiger partial charge on any atom is -0.370 e. The number of guanidine groups is 2. The molecule has 0 saturated carbocycles. The molecule has 11 heavy (non-hydrogen) atoms. The first kappa shape index (κ1) is 12.1. The molecule has 9 N–H and O–H groups in total. The second-order valence-electron chi connectivity index (χ2n) is 1.48. The Bertz CT molecular complexity index is 128. The van der Waals surface area contributed by atoms with Crippen LogP contribution in [0.3, 0.4) is 0 Å². The van der Waals surface area contributed by atoms with Crippen molar-refractivity contribution >= 4 is 11.9 Å². The van der Waals surface area contributed by atoms with Crippen LogP contribution in [0.25, 0.3) is 0 Å². The highest BCUT2D eigenvalue weighted by Crippen LogP contribution is 1.44. The van der Waals surface area contributed by atoms with Gasteiger partial charge in [0.25, 0.3) is 0 Å². The van der Waals surface area contributed by atoms with Crippen LogP contribution in [0, 0.1) is 10.8 Å². The molecule has 0 aliphatic carbocycles. The predicted octanol–water partition coefficient (Wildman–Crippen LogP) is -1.51. The van der Waals surface area contributed by atoms with Gasteiger partial charge < -0.3 is 17.2 Å². The second kappa shape index (κ2) is 8.44. The van der Waals surface area contributed by atoms with E-state index in [1.807, 2.05) is 5.32 Å². The van der Waals surface area contributed by atoms with E-state index in [-0.39, 0.29) is 11.9 Å². The molecular weight excluding hydrogens is 144 g/mol. The highest BCUT2D eigenvalue weighted by Gasteiger charge is 1.83. The van der Waals surface area contributed by atoms with E-state index in [2.05, 4.69) is 6.58 Å². The minimum atomic E-state index is -0.312. The maximum absolute atomic E-state index is 6.47. The van der Waals surface area contributed by atoms with Crippen LogP contribution < -0.4 is 22.5 Å². The molecule has 0 aromatic rings. The summed E-state index contributed by atoms with van der Waals surface area (Å²) >= 11 is 0. The van der Waals surface area contributed by atoms with Crippen LogP contribution in [0.15, 0.2) is 12.7 Å². The molecule has 0 fully saturated rings. The SMILES string of the molecule is C=CCN.N=C(N)NC(=N)N. The Labute approximate surface area is 65.5 Å². The fourth-order valence-electron chi connectivity index (χ4n) is 0.145. The molecule has 0 heterocycles. The summed E-state index contributed by atoms with van der Waals surface area (Å²) in [4.78, 5) is 0. The minimum absolute atomic E-state index is 0.312. The van der Waals surface area contributed by atoms with Crippen molar-refractivity contribution < 1.29 is 0 Å². The third-order valence-electron chi connectivity index (χ3n) is 0.436. The van der Waals surface area contributed by atoms with E-state index in [0.717, 1.165) is 0 Å². The first-order valence-corrected chi connectivity index (χ1v) is 2.80. The van der Waals surface area contributed by atoms with Gasteiger partial charge in [-0.1, -0.05) is 6.08 Å². The average molecular weight is 158 g/mol. The molecule has 6 nitrogen and oxygen atoms in total. The number of rotatable bonds is 1. The molecule has 0 atom stereocenters. The summed E-state index contributed by atoms with van der Waals surface area (Å²) in [6, 6.07) is 0. The fourth-order valence-corrected chi connectivity index (χ4v) is 0.145. The lowest BCUT2D eigenvalue weighted by atomic mass is 10.7. The summed E-state index contributed by atoms with van der Waals surface area (Å²) < 4.78 is 0. The Kier molecular flexibility index (Phi) is 9.32. The van der Waals surface area contributed by atoms with Crippen LogP contribution in [-0.2, 0) is 0 Å². The molecule has 0 rings (SSSR count). The molecule has 0 aromatic heterocycles. The van der Waals surface area contributed by atoms with E-state index in [4.69, 9.17) is 28.0 Å². The van der Waals surface area contributed by atoms with Gasteiger partial charge in [-0.05, 0) is 0 Å². The normalized spacial score (nSPS) is 7.00. The van der Waals surface area contributed by atoms with Gasteiger partial charge in [0.15, 0.2) is 11.9 Å². The Morgan fingerprint density at radius 1 is 1.36 bits per heavy atom. The predicted molar refractivity (Wildman–Crippen MR) is 46.2 cm³/mol. The molecule has 0 spiro atoms. The molecular formula is C5H14N6. The van der Waals surface area contributed by atoms with Crippen molar-refractivity contribution in [2.45, 2.75) is 0 Å². The Morgan fingerprint density at radius 2 is 1.64 bits per heavy atom. The van der Waals surface area contributed by atoms with Crippen molar-refractivity contribution in [1.82, 2.24) is 5.32 Å². The number of hydrogen-bond acceptors (Lipinski definition) is 3. The third-order valence-corrected chi connectivity index (χ3v) is 0.436. The highest BCUT2D eigenvalue weighted by atomic mass is 15.1. The van der Waals surface area contributed by atoms with E-state index in [1.165, 1.54) is 0 Å². The summed E-state index contributed by atoms with van der Waals surface area (Å²) in [7, 11) is 0. The van der Waals surface area contributed by atoms with Crippen molar-refractivity contribution in [2.24, 2.45) is 17.2 Å². The van der Waals surface area contributed by atoms with Gasteiger partial charge >= 0.3 is 0 Å². The standard InChI is InChI=1S/C3H7N.C2H7N5/c1-2-3-4;3-1(4)7-2(5)6/h2H,1,3-4H2;(H7,3,4,5,6,7). The van der Waals surface area contributed by atoms with E-state index < -0.39 is 0 Å². The Morgan fingerprint density at radius 3 is 1.64 bits per heavy atom. The van der Waals surface area contributed by atoms with Crippen LogP contribution in [0.4, 0.5) is 0 Å². The maximum atomic E-state index is 6.47. The molecule has 0 unspecified atom stereocenters. The molecule has 0 bridgehead atoms. The van der Waals surface area contributed by atoms with Gasteiger partial charge in [0.05, 0.1) is 0 Å². The van der Waals surface area contributed by atoms with Gasteiger partial charge in [0, 0.05) is 6.54 Å². The lowest BCUT2D eigenvalue weighted by Gasteiger charge is -1.95. The first-order valence-electron chi connectivity index (χ1n) is 2.80. The Hall–Kier alpha value is -1.56. The van der Waals surface area contributed by atoms with E-state index in [1.54, 1.807) is 6.08 Å². The van der Waals surface area contributed by atoms with Gasteiger partial charge in [0.1, 0.15) is 0 Å².